The highest BCUT2D eigenvalue weighted by atomic mass is 32.1. The number of hydrogen-bond acceptors (Lipinski definition) is 5. The van der Waals surface area contributed by atoms with Crippen LogP contribution in [0.5, 0.6) is 0 Å². The molecule has 3 aromatic rings. The molecule has 2 aromatic heterocycles. The van der Waals surface area contributed by atoms with Gasteiger partial charge in [-0.2, -0.15) is 0 Å². The van der Waals surface area contributed by atoms with E-state index in [1.807, 2.05) is 31.2 Å². The van der Waals surface area contributed by atoms with Crippen LogP contribution in [0, 0.1) is 6.92 Å². The molecule has 1 amide bonds. The molecule has 1 aromatic carbocycles. The minimum atomic E-state index is -1.18. The first kappa shape index (κ1) is 18.4. The average molecular weight is 397 g/mol. The standard InChI is InChI=1S/C20H19N3O4S/c1-12-5-4-6-13(9-12)17-21-18-16(14(11-28-18)20(26)27)19(25)23(17)10-15(24)22-7-2-3-8-22/h4-6,9,11H,2-3,7-8,10H2,1H3,(H,26,27). The molecule has 8 heteroatoms. The molecule has 0 spiro atoms. The van der Waals surface area contributed by atoms with Gasteiger partial charge in [0, 0.05) is 24.0 Å². The molecular formula is C20H19N3O4S. The number of aromatic nitrogens is 2. The zero-order valence-corrected chi connectivity index (χ0v) is 16.2. The Kier molecular flexibility index (Phi) is 4.72. The Morgan fingerprint density at radius 2 is 2.00 bits per heavy atom. The number of likely N-dealkylation sites (tertiary alicyclic amines) is 1. The van der Waals surface area contributed by atoms with Gasteiger partial charge >= 0.3 is 5.97 Å². The van der Waals surface area contributed by atoms with E-state index in [4.69, 9.17) is 0 Å². The van der Waals surface area contributed by atoms with Crippen LogP contribution in [-0.2, 0) is 11.3 Å². The Labute approximate surface area is 164 Å². The lowest BCUT2D eigenvalue weighted by Gasteiger charge is -2.18. The molecule has 1 saturated heterocycles. The molecule has 1 aliphatic rings. The van der Waals surface area contributed by atoms with Crippen LogP contribution in [0.15, 0.2) is 34.4 Å². The molecule has 7 nitrogen and oxygen atoms in total. The van der Waals surface area contributed by atoms with Crippen molar-refractivity contribution in [2.24, 2.45) is 0 Å². The van der Waals surface area contributed by atoms with E-state index in [1.165, 1.54) is 9.95 Å². The third-order valence-electron chi connectivity index (χ3n) is 4.95. The summed E-state index contributed by atoms with van der Waals surface area (Å²) in [7, 11) is 0. The SMILES string of the molecule is Cc1cccc(-c2nc3scc(C(=O)O)c3c(=O)n2CC(=O)N2CCCC2)c1. The van der Waals surface area contributed by atoms with Gasteiger partial charge in [-0.1, -0.05) is 23.8 Å². The maximum Gasteiger partial charge on any atom is 0.337 e. The van der Waals surface area contributed by atoms with Gasteiger partial charge in [0.05, 0.1) is 10.9 Å². The normalized spacial score (nSPS) is 14.0. The molecule has 3 heterocycles. The Morgan fingerprint density at radius 1 is 1.25 bits per heavy atom. The summed E-state index contributed by atoms with van der Waals surface area (Å²) in [6.07, 6.45) is 1.91. The predicted octanol–water partition coefficient (Wildman–Crippen LogP) is 2.75. The Morgan fingerprint density at radius 3 is 2.68 bits per heavy atom. The smallest absolute Gasteiger partial charge is 0.337 e. The van der Waals surface area contributed by atoms with E-state index in [1.54, 1.807) is 4.90 Å². The summed E-state index contributed by atoms with van der Waals surface area (Å²) >= 11 is 1.12. The second-order valence-electron chi connectivity index (χ2n) is 6.92. The molecule has 4 rings (SSSR count). The number of rotatable bonds is 4. The van der Waals surface area contributed by atoms with Gasteiger partial charge in [-0.3, -0.25) is 14.2 Å². The molecule has 1 N–H and O–H groups in total. The second-order valence-corrected chi connectivity index (χ2v) is 7.78. The quantitative estimate of drug-likeness (QED) is 0.731. The molecule has 0 unspecified atom stereocenters. The van der Waals surface area contributed by atoms with Crippen LogP contribution in [0.25, 0.3) is 21.6 Å². The maximum atomic E-state index is 13.2. The van der Waals surface area contributed by atoms with Crippen LogP contribution in [0.4, 0.5) is 0 Å². The number of aromatic carboxylic acids is 1. The second kappa shape index (κ2) is 7.20. The van der Waals surface area contributed by atoms with Gasteiger partial charge in [-0.15, -0.1) is 11.3 Å². The van der Waals surface area contributed by atoms with Crippen LogP contribution in [-0.4, -0.2) is 44.5 Å². The van der Waals surface area contributed by atoms with E-state index in [0.29, 0.717) is 23.7 Å². The fourth-order valence-electron chi connectivity index (χ4n) is 3.53. The van der Waals surface area contributed by atoms with Crippen molar-refractivity contribution in [1.82, 2.24) is 14.5 Å². The zero-order chi connectivity index (χ0) is 19.8. The highest BCUT2D eigenvalue weighted by molar-refractivity contribution is 7.17. The van der Waals surface area contributed by atoms with E-state index in [0.717, 1.165) is 35.3 Å². The third kappa shape index (κ3) is 3.20. The van der Waals surface area contributed by atoms with Crippen molar-refractivity contribution in [3.8, 4) is 11.4 Å². The molecular weight excluding hydrogens is 378 g/mol. The van der Waals surface area contributed by atoms with Crippen LogP contribution in [0.3, 0.4) is 0 Å². The Balaban J connectivity index is 1.92. The number of carbonyl (C=O) groups excluding carboxylic acids is 1. The molecule has 1 aliphatic heterocycles. The van der Waals surface area contributed by atoms with E-state index >= 15 is 0 Å². The number of aryl methyl sites for hydroxylation is 1. The number of thiophene rings is 1. The lowest BCUT2D eigenvalue weighted by molar-refractivity contribution is -0.130. The number of carbonyl (C=O) groups is 2. The van der Waals surface area contributed by atoms with Crippen molar-refractivity contribution in [3.05, 3.63) is 51.1 Å². The van der Waals surface area contributed by atoms with E-state index in [-0.39, 0.29) is 23.4 Å². The van der Waals surface area contributed by atoms with Crippen molar-refractivity contribution in [1.29, 1.82) is 0 Å². The molecule has 0 aliphatic carbocycles. The summed E-state index contributed by atoms with van der Waals surface area (Å²) in [5.41, 5.74) is 1.16. The van der Waals surface area contributed by atoms with Gasteiger partial charge in [0.1, 0.15) is 17.2 Å². The number of nitrogens with zero attached hydrogens (tertiary/aromatic N) is 3. The summed E-state index contributed by atoms with van der Waals surface area (Å²) in [6.45, 7) is 3.15. The van der Waals surface area contributed by atoms with Gasteiger partial charge in [0.15, 0.2) is 0 Å². The summed E-state index contributed by atoms with van der Waals surface area (Å²) in [5, 5.41) is 10.9. The van der Waals surface area contributed by atoms with Crippen LogP contribution in [0.2, 0.25) is 0 Å². The van der Waals surface area contributed by atoms with Crippen molar-refractivity contribution in [2.45, 2.75) is 26.3 Å². The summed E-state index contributed by atoms with van der Waals surface area (Å²) in [5.74, 6) is -0.944. The van der Waals surface area contributed by atoms with Crippen molar-refractivity contribution in [3.63, 3.8) is 0 Å². The fourth-order valence-corrected chi connectivity index (χ4v) is 4.44. The number of carboxylic acids is 1. The summed E-state index contributed by atoms with van der Waals surface area (Å²) < 4.78 is 1.32. The van der Waals surface area contributed by atoms with Gasteiger partial charge in [-0.25, -0.2) is 9.78 Å². The molecule has 0 saturated carbocycles. The topological polar surface area (TPSA) is 92.5 Å². The molecule has 1 fully saturated rings. The average Bonchev–Trinajstić information content (AvgIpc) is 3.33. The molecule has 0 radical (unpaired) electrons. The highest BCUT2D eigenvalue weighted by Gasteiger charge is 2.24. The Hall–Kier alpha value is -3.00. The maximum absolute atomic E-state index is 13.2. The number of fused-ring (bicyclic) bond motifs is 1. The molecule has 0 bridgehead atoms. The first-order valence-corrected chi connectivity index (χ1v) is 9.94. The monoisotopic (exact) mass is 397 g/mol. The summed E-state index contributed by atoms with van der Waals surface area (Å²) in [6, 6.07) is 7.54. The van der Waals surface area contributed by atoms with Gasteiger partial charge in [-0.05, 0) is 25.8 Å². The van der Waals surface area contributed by atoms with Crippen LogP contribution in [0.1, 0.15) is 28.8 Å². The number of amides is 1. The first-order valence-electron chi connectivity index (χ1n) is 9.06. The van der Waals surface area contributed by atoms with Crippen molar-refractivity contribution < 1.29 is 14.7 Å². The van der Waals surface area contributed by atoms with E-state index in [9.17, 15) is 19.5 Å². The largest absolute Gasteiger partial charge is 0.478 e. The molecule has 0 atom stereocenters. The minimum absolute atomic E-state index is 0.0584. The van der Waals surface area contributed by atoms with E-state index < -0.39 is 11.5 Å². The van der Waals surface area contributed by atoms with Crippen LogP contribution < -0.4 is 5.56 Å². The number of carboxylic acid groups (broad SMARTS) is 1. The minimum Gasteiger partial charge on any atom is -0.478 e. The lowest BCUT2D eigenvalue weighted by Crippen LogP contribution is -2.35. The van der Waals surface area contributed by atoms with Crippen molar-refractivity contribution in [2.75, 3.05) is 13.1 Å². The van der Waals surface area contributed by atoms with Gasteiger partial charge in [0.2, 0.25) is 5.91 Å². The third-order valence-corrected chi connectivity index (χ3v) is 5.82. The van der Waals surface area contributed by atoms with Gasteiger partial charge < -0.3 is 10.0 Å². The first-order chi connectivity index (χ1) is 13.5. The lowest BCUT2D eigenvalue weighted by atomic mass is 10.1. The van der Waals surface area contributed by atoms with Crippen molar-refractivity contribution >= 4 is 33.4 Å². The van der Waals surface area contributed by atoms with Crippen LogP contribution >= 0.6 is 11.3 Å². The zero-order valence-electron chi connectivity index (χ0n) is 15.3. The molecule has 144 valence electrons. The summed E-state index contributed by atoms with van der Waals surface area (Å²) in [4.78, 5) is 44.2. The Bertz CT molecular complexity index is 1140. The molecule has 28 heavy (non-hydrogen) atoms. The van der Waals surface area contributed by atoms with Gasteiger partial charge in [0.25, 0.3) is 5.56 Å². The number of hydrogen-bond donors (Lipinski definition) is 1. The number of benzene rings is 1. The fraction of sp³-hybridized carbons (Fsp3) is 0.300. The highest BCUT2D eigenvalue weighted by Crippen LogP contribution is 2.26. The predicted molar refractivity (Wildman–Crippen MR) is 107 cm³/mol. The van der Waals surface area contributed by atoms with E-state index in [2.05, 4.69) is 4.98 Å².